The molecule has 22 heavy (non-hydrogen) atoms. The number of likely N-dealkylation sites (N-methyl/N-ethyl adjacent to an activating group) is 1. The Morgan fingerprint density at radius 3 is 2.73 bits per heavy atom. The Hall–Kier alpha value is -1.25. The van der Waals surface area contributed by atoms with E-state index in [4.69, 9.17) is 0 Å². The number of nitrogens with zero attached hydrogens (tertiary/aromatic N) is 2. The largest absolute Gasteiger partial charge is 0.386 e. The SMILES string of the molecule is C[C-]1c2cc3c(cc2N2C=CN(C)C12)Cc1ccccc1-3.[Y]. The molecule has 1 aliphatic carbocycles. The first kappa shape index (κ1) is 14.4. The molecule has 0 spiro atoms. The molecule has 5 rings (SSSR count). The van der Waals surface area contributed by atoms with Gasteiger partial charge in [0.05, 0.1) is 6.17 Å². The normalized spacial score (nSPS) is 19.7. The molecule has 2 aliphatic heterocycles. The molecular formula is C19H17N2Y-. The van der Waals surface area contributed by atoms with Crippen molar-refractivity contribution in [1.29, 1.82) is 0 Å². The van der Waals surface area contributed by atoms with E-state index in [0.717, 1.165) is 6.42 Å². The van der Waals surface area contributed by atoms with Crippen LogP contribution < -0.4 is 4.90 Å². The Morgan fingerprint density at radius 2 is 1.86 bits per heavy atom. The summed E-state index contributed by atoms with van der Waals surface area (Å²) in [5.74, 6) is 1.45. The molecule has 107 valence electrons. The summed E-state index contributed by atoms with van der Waals surface area (Å²) in [7, 11) is 2.15. The van der Waals surface area contributed by atoms with Crippen LogP contribution in [0.1, 0.15) is 23.6 Å². The van der Waals surface area contributed by atoms with Gasteiger partial charge in [-0.1, -0.05) is 54.1 Å². The Morgan fingerprint density at radius 1 is 1.05 bits per heavy atom. The Kier molecular flexibility index (Phi) is 3.18. The van der Waals surface area contributed by atoms with E-state index >= 15 is 0 Å². The predicted octanol–water partition coefficient (Wildman–Crippen LogP) is 3.76. The molecule has 2 heterocycles. The maximum Gasteiger partial charge on any atom is 0.0709 e. The van der Waals surface area contributed by atoms with Crippen LogP contribution in [0.3, 0.4) is 0 Å². The molecule has 3 heteroatoms. The average Bonchev–Trinajstić information content (AvgIpc) is 3.12. The summed E-state index contributed by atoms with van der Waals surface area (Å²) in [4.78, 5) is 4.68. The molecule has 2 aromatic rings. The standard InChI is InChI=1S/C19H17N2.Y/c1-12-16-11-17-14(9-13-5-3-4-6-15(13)17)10-18(16)21-8-7-20(2)19(12)21;/h3-8,10-11,19H,9H2,1-2H3;/q-1;. The first-order valence-corrected chi connectivity index (χ1v) is 7.51. The average molecular weight is 362 g/mol. The van der Waals surface area contributed by atoms with Crippen LogP contribution in [-0.2, 0) is 39.1 Å². The van der Waals surface area contributed by atoms with Gasteiger partial charge in [0.25, 0.3) is 0 Å². The van der Waals surface area contributed by atoms with Gasteiger partial charge in [0, 0.05) is 52.2 Å². The summed E-state index contributed by atoms with van der Waals surface area (Å²) in [6, 6.07) is 13.6. The van der Waals surface area contributed by atoms with E-state index in [1.54, 1.807) is 0 Å². The van der Waals surface area contributed by atoms with E-state index in [2.05, 4.69) is 72.6 Å². The molecule has 2 aromatic carbocycles. The minimum atomic E-state index is 0. The van der Waals surface area contributed by atoms with E-state index < -0.39 is 0 Å². The molecule has 0 bridgehead atoms. The van der Waals surface area contributed by atoms with Gasteiger partial charge in [-0.15, -0.1) is 5.92 Å². The fraction of sp³-hybridized carbons (Fsp3) is 0.211. The van der Waals surface area contributed by atoms with Gasteiger partial charge in [-0.3, -0.25) is 0 Å². The molecule has 2 nitrogen and oxygen atoms in total. The van der Waals surface area contributed by atoms with Crippen LogP contribution in [0.4, 0.5) is 5.69 Å². The summed E-state index contributed by atoms with van der Waals surface area (Å²) in [6.45, 7) is 2.26. The van der Waals surface area contributed by atoms with Crippen molar-refractivity contribution in [3.63, 3.8) is 0 Å². The first-order valence-electron chi connectivity index (χ1n) is 7.51. The zero-order chi connectivity index (χ0) is 14.1. The van der Waals surface area contributed by atoms with Crippen molar-refractivity contribution >= 4 is 5.69 Å². The third-order valence-electron chi connectivity index (χ3n) is 5.11. The predicted molar refractivity (Wildman–Crippen MR) is 85.9 cm³/mol. The van der Waals surface area contributed by atoms with Gasteiger partial charge in [0.15, 0.2) is 0 Å². The number of anilines is 1. The van der Waals surface area contributed by atoms with Crippen LogP contribution in [0, 0.1) is 5.92 Å². The molecular weight excluding hydrogens is 345 g/mol. The Labute approximate surface area is 156 Å². The molecule has 0 saturated carbocycles. The van der Waals surface area contributed by atoms with Crippen LogP contribution in [0.2, 0.25) is 0 Å². The molecule has 0 N–H and O–H groups in total. The zero-order valence-electron chi connectivity index (χ0n) is 12.9. The molecule has 1 radical (unpaired) electrons. The number of hydrogen-bond acceptors (Lipinski definition) is 2. The Balaban J connectivity index is 0.00000125. The summed E-state index contributed by atoms with van der Waals surface area (Å²) >= 11 is 0. The van der Waals surface area contributed by atoms with Crippen molar-refractivity contribution < 1.29 is 32.7 Å². The van der Waals surface area contributed by atoms with Crippen LogP contribution >= 0.6 is 0 Å². The quantitative estimate of drug-likeness (QED) is 0.562. The van der Waals surface area contributed by atoms with Crippen LogP contribution in [0.5, 0.6) is 0 Å². The second kappa shape index (κ2) is 4.87. The number of rotatable bonds is 0. The number of hydrogen-bond donors (Lipinski definition) is 0. The van der Waals surface area contributed by atoms with Crippen LogP contribution in [-0.4, -0.2) is 18.1 Å². The van der Waals surface area contributed by atoms with Crippen molar-refractivity contribution in [2.45, 2.75) is 19.5 Å². The minimum Gasteiger partial charge on any atom is -0.386 e. The van der Waals surface area contributed by atoms with E-state index in [1.807, 2.05) is 0 Å². The van der Waals surface area contributed by atoms with Gasteiger partial charge >= 0.3 is 0 Å². The van der Waals surface area contributed by atoms with Gasteiger partial charge < -0.3 is 9.80 Å². The van der Waals surface area contributed by atoms with Crippen molar-refractivity contribution in [3.8, 4) is 11.1 Å². The number of fused-ring (bicyclic) bond motifs is 6. The molecule has 0 saturated heterocycles. The maximum absolute atomic E-state index is 2.41. The van der Waals surface area contributed by atoms with Crippen molar-refractivity contribution in [1.82, 2.24) is 4.90 Å². The maximum atomic E-state index is 2.41. The van der Waals surface area contributed by atoms with Gasteiger partial charge in [-0.25, -0.2) is 0 Å². The smallest absolute Gasteiger partial charge is 0.0709 e. The van der Waals surface area contributed by atoms with E-state index in [-0.39, 0.29) is 32.7 Å². The molecule has 1 atom stereocenters. The second-order valence-corrected chi connectivity index (χ2v) is 6.29. The fourth-order valence-corrected chi connectivity index (χ4v) is 4.10. The van der Waals surface area contributed by atoms with E-state index in [0.29, 0.717) is 6.17 Å². The van der Waals surface area contributed by atoms with Gasteiger partial charge in [-0.2, -0.15) is 11.6 Å². The van der Waals surface area contributed by atoms with Crippen molar-refractivity contribution in [2.24, 2.45) is 0 Å². The molecule has 0 fully saturated rings. The number of benzene rings is 2. The molecule has 0 aromatic heterocycles. The summed E-state index contributed by atoms with van der Waals surface area (Å²) in [6.07, 6.45) is 5.81. The topological polar surface area (TPSA) is 6.48 Å². The van der Waals surface area contributed by atoms with Gasteiger partial charge in [0.1, 0.15) is 0 Å². The van der Waals surface area contributed by atoms with E-state index in [1.165, 1.54) is 39.4 Å². The van der Waals surface area contributed by atoms with E-state index in [9.17, 15) is 0 Å². The third kappa shape index (κ3) is 1.71. The molecule has 0 amide bonds. The fourth-order valence-electron chi connectivity index (χ4n) is 4.10. The molecule has 1 unspecified atom stereocenters. The zero-order valence-corrected chi connectivity index (χ0v) is 15.7. The monoisotopic (exact) mass is 362 g/mol. The van der Waals surface area contributed by atoms with Crippen molar-refractivity contribution in [3.05, 3.63) is 71.4 Å². The summed E-state index contributed by atoms with van der Waals surface area (Å²) in [5, 5.41) is 0. The first-order chi connectivity index (χ1) is 10.2. The minimum absolute atomic E-state index is 0. The second-order valence-electron chi connectivity index (χ2n) is 6.29. The van der Waals surface area contributed by atoms with Crippen LogP contribution in [0.25, 0.3) is 11.1 Å². The van der Waals surface area contributed by atoms with Crippen LogP contribution in [0.15, 0.2) is 48.8 Å². The van der Waals surface area contributed by atoms with Crippen molar-refractivity contribution in [2.75, 3.05) is 11.9 Å². The summed E-state index contributed by atoms with van der Waals surface area (Å²) in [5.41, 5.74) is 8.54. The molecule has 3 aliphatic rings. The van der Waals surface area contributed by atoms with Gasteiger partial charge in [0.2, 0.25) is 0 Å². The van der Waals surface area contributed by atoms with Gasteiger partial charge in [-0.05, 0) is 17.5 Å². The summed E-state index contributed by atoms with van der Waals surface area (Å²) < 4.78 is 0. The Bertz CT molecular complexity index is 796. The third-order valence-corrected chi connectivity index (χ3v) is 5.11.